The highest BCUT2D eigenvalue weighted by molar-refractivity contribution is 6.04. The third-order valence-electron chi connectivity index (χ3n) is 4.35. The molecule has 3 aromatic carbocycles. The quantitative estimate of drug-likeness (QED) is 0.433. The van der Waals surface area contributed by atoms with Gasteiger partial charge in [-0.15, -0.1) is 0 Å². The van der Waals surface area contributed by atoms with Gasteiger partial charge in [0.25, 0.3) is 23.4 Å². The van der Waals surface area contributed by atoms with Gasteiger partial charge in [-0.05, 0) is 55.5 Å². The molecule has 3 amide bonds. The van der Waals surface area contributed by atoms with Crippen LogP contribution in [0.15, 0.2) is 72.8 Å². The molecule has 9 nitrogen and oxygen atoms in total. The van der Waals surface area contributed by atoms with Crippen molar-refractivity contribution in [2.24, 2.45) is 0 Å². The van der Waals surface area contributed by atoms with Gasteiger partial charge in [-0.2, -0.15) is 0 Å². The molecule has 9 heteroatoms. The van der Waals surface area contributed by atoms with Crippen molar-refractivity contribution in [2.75, 3.05) is 5.32 Å². The zero-order valence-electron chi connectivity index (χ0n) is 16.4. The first kappa shape index (κ1) is 21.2. The van der Waals surface area contributed by atoms with Crippen LogP contribution in [0.4, 0.5) is 11.4 Å². The van der Waals surface area contributed by atoms with Crippen LogP contribution in [0.1, 0.15) is 36.6 Å². The summed E-state index contributed by atoms with van der Waals surface area (Å²) < 4.78 is 0. The van der Waals surface area contributed by atoms with Gasteiger partial charge < -0.3 is 5.32 Å². The molecule has 0 heterocycles. The van der Waals surface area contributed by atoms with Crippen LogP contribution in [-0.2, 0) is 0 Å². The number of nitro groups is 1. The van der Waals surface area contributed by atoms with Crippen molar-refractivity contribution in [1.82, 2.24) is 10.9 Å². The highest BCUT2D eigenvalue weighted by Crippen LogP contribution is 2.13. The summed E-state index contributed by atoms with van der Waals surface area (Å²) >= 11 is 0. The molecule has 3 N–H and O–H groups in total. The predicted octanol–water partition coefficient (Wildman–Crippen LogP) is 3.23. The largest absolute Gasteiger partial charge is 0.322 e. The second kappa shape index (κ2) is 9.31. The Morgan fingerprint density at radius 3 is 1.58 bits per heavy atom. The zero-order valence-corrected chi connectivity index (χ0v) is 16.4. The first-order valence-corrected chi connectivity index (χ1v) is 9.17. The van der Waals surface area contributed by atoms with Gasteiger partial charge in [0.1, 0.15) is 0 Å². The number of hydrogen-bond acceptors (Lipinski definition) is 5. The number of nitrogens with one attached hydrogen (secondary N) is 3. The predicted molar refractivity (Wildman–Crippen MR) is 114 cm³/mol. The van der Waals surface area contributed by atoms with Gasteiger partial charge >= 0.3 is 0 Å². The molecule has 0 fully saturated rings. The third-order valence-corrected chi connectivity index (χ3v) is 4.35. The summed E-state index contributed by atoms with van der Waals surface area (Å²) in [6, 6.07) is 18.2. The number of rotatable bonds is 5. The maximum absolute atomic E-state index is 12.2. The Kier molecular flexibility index (Phi) is 6.36. The van der Waals surface area contributed by atoms with E-state index in [0.717, 1.165) is 5.56 Å². The number of amides is 3. The second-order valence-corrected chi connectivity index (χ2v) is 6.61. The maximum Gasteiger partial charge on any atom is 0.269 e. The topological polar surface area (TPSA) is 130 Å². The Morgan fingerprint density at radius 2 is 1.10 bits per heavy atom. The van der Waals surface area contributed by atoms with Crippen LogP contribution in [0.5, 0.6) is 0 Å². The molecule has 0 radical (unpaired) electrons. The SMILES string of the molecule is Cc1ccc(C(=O)Nc2ccc(C(=O)NNC(=O)c3ccc([N+](=O)[O-])cc3)cc2)cc1. The highest BCUT2D eigenvalue weighted by atomic mass is 16.6. The first-order valence-electron chi connectivity index (χ1n) is 9.17. The summed E-state index contributed by atoms with van der Waals surface area (Å²) in [7, 11) is 0. The summed E-state index contributed by atoms with van der Waals surface area (Å²) in [6.07, 6.45) is 0. The van der Waals surface area contributed by atoms with E-state index in [1.165, 1.54) is 36.4 Å². The first-order chi connectivity index (χ1) is 14.8. The normalized spacial score (nSPS) is 10.1. The molecule has 3 aromatic rings. The lowest BCUT2D eigenvalue weighted by Crippen LogP contribution is -2.41. The van der Waals surface area contributed by atoms with E-state index in [1.807, 2.05) is 19.1 Å². The van der Waals surface area contributed by atoms with Gasteiger partial charge in [-0.3, -0.25) is 35.3 Å². The number of nitrogens with zero attached hydrogens (tertiary/aromatic N) is 1. The zero-order chi connectivity index (χ0) is 22.4. The van der Waals surface area contributed by atoms with Crippen LogP contribution >= 0.6 is 0 Å². The molecular formula is C22H18N4O5. The average Bonchev–Trinajstić information content (AvgIpc) is 2.78. The molecule has 31 heavy (non-hydrogen) atoms. The minimum Gasteiger partial charge on any atom is -0.322 e. The summed E-state index contributed by atoms with van der Waals surface area (Å²) in [6.45, 7) is 1.93. The van der Waals surface area contributed by atoms with Crippen molar-refractivity contribution in [2.45, 2.75) is 6.92 Å². The van der Waals surface area contributed by atoms with Gasteiger partial charge in [0.2, 0.25) is 0 Å². The number of carbonyl (C=O) groups excluding carboxylic acids is 3. The van der Waals surface area contributed by atoms with E-state index in [1.54, 1.807) is 24.3 Å². The number of hydrogen-bond donors (Lipinski definition) is 3. The van der Waals surface area contributed by atoms with Gasteiger partial charge in [0.15, 0.2) is 0 Å². The van der Waals surface area contributed by atoms with Crippen molar-refractivity contribution in [3.05, 3.63) is 105 Å². The molecular weight excluding hydrogens is 400 g/mol. The van der Waals surface area contributed by atoms with Crippen LogP contribution in [0.3, 0.4) is 0 Å². The number of nitro benzene ring substituents is 1. The number of non-ortho nitro benzene ring substituents is 1. The summed E-state index contributed by atoms with van der Waals surface area (Å²) in [4.78, 5) is 46.6. The fourth-order valence-corrected chi connectivity index (χ4v) is 2.61. The van der Waals surface area contributed by atoms with Crippen LogP contribution in [0.2, 0.25) is 0 Å². The monoisotopic (exact) mass is 418 g/mol. The molecule has 0 spiro atoms. The molecule has 0 saturated carbocycles. The number of carbonyl (C=O) groups is 3. The van der Waals surface area contributed by atoms with Gasteiger partial charge in [0.05, 0.1) is 4.92 Å². The fourth-order valence-electron chi connectivity index (χ4n) is 2.61. The lowest BCUT2D eigenvalue weighted by atomic mass is 10.1. The Hall–Kier alpha value is -4.53. The fraction of sp³-hybridized carbons (Fsp3) is 0.0455. The molecule has 3 rings (SSSR count). The van der Waals surface area contributed by atoms with E-state index in [-0.39, 0.29) is 22.7 Å². The van der Waals surface area contributed by atoms with Crippen LogP contribution in [0, 0.1) is 17.0 Å². The highest BCUT2D eigenvalue weighted by Gasteiger charge is 2.12. The van der Waals surface area contributed by atoms with Crippen molar-refractivity contribution in [3.8, 4) is 0 Å². The number of benzene rings is 3. The number of anilines is 1. The molecule has 0 aliphatic rings. The minimum atomic E-state index is -0.620. The van der Waals surface area contributed by atoms with Gasteiger partial charge in [0, 0.05) is 34.5 Å². The minimum absolute atomic E-state index is 0.143. The van der Waals surface area contributed by atoms with Crippen molar-refractivity contribution in [1.29, 1.82) is 0 Å². The second-order valence-electron chi connectivity index (χ2n) is 6.61. The molecule has 0 aromatic heterocycles. The molecule has 0 saturated heterocycles. The van der Waals surface area contributed by atoms with E-state index in [2.05, 4.69) is 16.2 Å². The maximum atomic E-state index is 12.2. The van der Waals surface area contributed by atoms with Crippen LogP contribution in [-0.4, -0.2) is 22.6 Å². The van der Waals surface area contributed by atoms with Gasteiger partial charge in [-0.1, -0.05) is 17.7 Å². The molecule has 0 aliphatic heterocycles. The van der Waals surface area contributed by atoms with E-state index in [9.17, 15) is 24.5 Å². The Labute approximate surface area is 177 Å². The molecule has 156 valence electrons. The van der Waals surface area contributed by atoms with E-state index in [0.29, 0.717) is 11.3 Å². The van der Waals surface area contributed by atoms with Crippen LogP contribution in [0.25, 0.3) is 0 Å². The van der Waals surface area contributed by atoms with Gasteiger partial charge in [-0.25, -0.2) is 0 Å². The standard InChI is InChI=1S/C22H18N4O5/c1-14-2-4-15(5-3-14)20(27)23-18-10-6-16(7-11-18)21(28)24-25-22(29)17-8-12-19(13-9-17)26(30)31/h2-13H,1H3,(H,23,27)(H,24,28)(H,25,29). The number of hydrazine groups is 1. The van der Waals surface area contributed by atoms with E-state index < -0.39 is 16.7 Å². The van der Waals surface area contributed by atoms with Crippen molar-refractivity contribution in [3.63, 3.8) is 0 Å². The van der Waals surface area contributed by atoms with E-state index in [4.69, 9.17) is 0 Å². The van der Waals surface area contributed by atoms with Crippen molar-refractivity contribution >= 4 is 29.1 Å². The third kappa shape index (κ3) is 5.51. The molecule has 0 bridgehead atoms. The molecule has 0 aliphatic carbocycles. The Bertz CT molecular complexity index is 1120. The average molecular weight is 418 g/mol. The summed E-state index contributed by atoms with van der Waals surface area (Å²) in [5, 5.41) is 13.4. The Balaban J connectivity index is 1.55. The van der Waals surface area contributed by atoms with E-state index >= 15 is 0 Å². The smallest absolute Gasteiger partial charge is 0.269 e. The van der Waals surface area contributed by atoms with Crippen molar-refractivity contribution < 1.29 is 19.3 Å². The summed E-state index contributed by atoms with van der Waals surface area (Å²) in [5.74, 6) is -1.45. The number of aryl methyl sites for hydroxylation is 1. The Morgan fingerprint density at radius 1 is 0.677 bits per heavy atom. The molecule has 0 unspecified atom stereocenters. The lowest BCUT2D eigenvalue weighted by Gasteiger charge is -2.09. The summed E-state index contributed by atoms with van der Waals surface area (Å²) in [5.41, 5.74) is 6.85. The van der Waals surface area contributed by atoms with Crippen LogP contribution < -0.4 is 16.2 Å². The lowest BCUT2D eigenvalue weighted by molar-refractivity contribution is -0.384. The molecule has 0 atom stereocenters.